The van der Waals surface area contributed by atoms with Gasteiger partial charge in [-0.3, -0.25) is 19.5 Å². The molecule has 1 unspecified atom stereocenters. The molecular formula is C27H27F3N6O2. The lowest BCUT2D eigenvalue weighted by Crippen LogP contribution is -2.51. The van der Waals surface area contributed by atoms with E-state index in [1.54, 1.807) is 36.4 Å². The van der Waals surface area contributed by atoms with Crippen molar-refractivity contribution in [2.75, 3.05) is 4.90 Å². The minimum Gasteiger partial charge on any atom is -0.349 e. The third-order valence-electron chi connectivity index (χ3n) is 6.30. The molecule has 0 radical (unpaired) electrons. The van der Waals surface area contributed by atoms with E-state index in [9.17, 15) is 22.8 Å². The number of benzene rings is 2. The predicted molar refractivity (Wildman–Crippen MR) is 136 cm³/mol. The lowest BCUT2D eigenvalue weighted by atomic mass is 9.98. The topological polar surface area (TPSA) is 93.0 Å². The van der Waals surface area contributed by atoms with Gasteiger partial charge in [0.25, 0.3) is 0 Å². The number of pyridine rings is 1. The number of hydrogen-bond donors (Lipinski definition) is 1. The van der Waals surface area contributed by atoms with E-state index < -0.39 is 35.1 Å². The second-order valence-electron chi connectivity index (χ2n) is 9.46. The van der Waals surface area contributed by atoms with Crippen LogP contribution in [0.25, 0.3) is 11.0 Å². The van der Waals surface area contributed by atoms with E-state index in [-0.39, 0.29) is 12.2 Å². The molecular weight excluding hydrogens is 497 g/mol. The van der Waals surface area contributed by atoms with Crippen molar-refractivity contribution < 1.29 is 22.8 Å². The van der Waals surface area contributed by atoms with E-state index >= 15 is 0 Å². The Bertz CT molecular complexity index is 1440. The number of anilines is 1. The van der Waals surface area contributed by atoms with Gasteiger partial charge in [-0.25, -0.2) is 4.68 Å². The molecule has 2 aromatic heterocycles. The van der Waals surface area contributed by atoms with Gasteiger partial charge in [0.1, 0.15) is 18.1 Å². The molecule has 4 rings (SSSR count). The quantitative estimate of drug-likeness (QED) is 0.353. The number of hydrogen-bond acceptors (Lipinski definition) is 5. The van der Waals surface area contributed by atoms with Crippen molar-refractivity contribution in [1.82, 2.24) is 25.3 Å². The van der Waals surface area contributed by atoms with Crippen molar-refractivity contribution in [3.63, 3.8) is 0 Å². The highest BCUT2D eigenvalue weighted by Gasteiger charge is 2.37. The minimum absolute atomic E-state index is 0.0829. The molecule has 2 amide bonds. The molecule has 8 nitrogen and oxygen atoms in total. The molecule has 4 aromatic rings. The first kappa shape index (κ1) is 26.8. The van der Waals surface area contributed by atoms with E-state index in [0.717, 1.165) is 17.0 Å². The molecule has 2 aromatic carbocycles. The van der Waals surface area contributed by atoms with Gasteiger partial charge in [0.05, 0.1) is 11.1 Å². The summed E-state index contributed by atoms with van der Waals surface area (Å²) in [7, 11) is 0. The summed E-state index contributed by atoms with van der Waals surface area (Å²) in [6.45, 7) is 5.19. The van der Waals surface area contributed by atoms with Crippen LogP contribution >= 0.6 is 0 Å². The van der Waals surface area contributed by atoms with Crippen LogP contribution in [0.15, 0.2) is 73.1 Å². The van der Waals surface area contributed by atoms with Crippen LogP contribution in [0, 0.1) is 0 Å². The van der Waals surface area contributed by atoms with Gasteiger partial charge in [-0.1, -0.05) is 30.3 Å². The van der Waals surface area contributed by atoms with Gasteiger partial charge < -0.3 is 5.32 Å². The van der Waals surface area contributed by atoms with Gasteiger partial charge in [-0.15, -0.1) is 5.10 Å². The molecule has 0 fully saturated rings. The SMILES string of the molecule is CCC(C)(C)NC(=O)C(c1ccncc1)N(C(=O)Cn1nnc2ccccc21)c1cccc(C(F)(F)F)c1. The van der Waals surface area contributed by atoms with Crippen LogP contribution in [0.4, 0.5) is 18.9 Å². The first-order chi connectivity index (χ1) is 18.0. The van der Waals surface area contributed by atoms with Crippen LogP contribution in [0.1, 0.15) is 44.4 Å². The lowest BCUT2D eigenvalue weighted by Gasteiger charge is -2.34. The second-order valence-corrected chi connectivity index (χ2v) is 9.46. The number of carbonyl (C=O) groups excluding carboxylic acids is 2. The van der Waals surface area contributed by atoms with Crippen molar-refractivity contribution in [2.24, 2.45) is 0 Å². The van der Waals surface area contributed by atoms with Gasteiger partial charge in [-0.05, 0) is 68.3 Å². The molecule has 11 heteroatoms. The van der Waals surface area contributed by atoms with Crippen LogP contribution in [0.3, 0.4) is 0 Å². The van der Waals surface area contributed by atoms with Crippen molar-refractivity contribution in [3.8, 4) is 0 Å². The van der Waals surface area contributed by atoms with E-state index in [1.807, 2.05) is 20.8 Å². The first-order valence-electron chi connectivity index (χ1n) is 12.0. The number of para-hydroxylation sites is 1. The van der Waals surface area contributed by atoms with E-state index in [0.29, 0.717) is 23.0 Å². The highest BCUT2D eigenvalue weighted by molar-refractivity contribution is 6.01. The normalized spacial score (nSPS) is 12.8. The Morgan fingerprint density at radius 3 is 2.42 bits per heavy atom. The smallest absolute Gasteiger partial charge is 0.349 e. The number of nitrogens with zero attached hydrogens (tertiary/aromatic N) is 5. The number of nitrogens with one attached hydrogen (secondary N) is 1. The zero-order chi connectivity index (χ0) is 27.5. The zero-order valence-corrected chi connectivity index (χ0v) is 21.1. The van der Waals surface area contributed by atoms with Crippen molar-refractivity contribution >= 4 is 28.5 Å². The van der Waals surface area contributed by atoms with Crippen molar-refractivity contribution in [3.05, 3.63) is 84.2 Å². The van der Waals surface area contributed by atoms with Gasteiger partial charge >= 0.3 is 6.18 Å². The summed E-state index contributed by atoms with van der Waals surface area (Å²) >= 11 is 0. The maximum Gasteiger partial charge on any atom is 0.416 e. The summed E-state index contributed by atoms with van der Waals surface area (Å²) < 4.78 is 42.3. The molecule has 0 bridgehead atoms. The molecule has 198 valence electrons. The van der Waals surface area contributed by atoms with Crippen LogP contribution in [-0.4, -0.2) is 37.3 Å². The standard InChI is InChI=1S/C27H27F3N6O2/c1-4-26(2,3)32-25(38)24(18-12-14-31-15-13-18)36(20-9-7-8-19(16-20)27(28,29)30)23(37)17-35-22-11-6-5-10-21(22)33-34-35/h5-16,24H,4,17H2,1-3H3,(H,32,38). The molecule has 0 saturated carbocycles. The fourth-order valence-electron chi connectivity index (χ4n) is 3.96. The average Bonchev–Trinajstić information content (AvgIpc) is 3.29. The summed E-state index contributed by atoms with van der Waals surface area (Å²) in [5.41, 5.74) is -0.144. The summed E-state index contributed by atoms with van der Waals surface area (Å²) in [4.78, 5) is 32.8. The highest BCUT2D eigenvalue weighted by Crippen LogP contribution is 2.35. The minimum atomic E-state index is -4.65. The highest BCUT2D eigenvalue weighted by atomic mass is 19.4. The third kappa shape index (κ3) is 5.82. The molecule has 0 aliphatic rings. The van der Waals surface area contributed by atoms with Crippen LogP contribution in [0.5, 0.6) is 0 Å². The summed E-state index contributed by atoms with van der Waals surface area (Å²) in [5, 5.41) is 11.0. The average molecular weight is 525 g/mol. The number of amides is 2. The summed E-state index contributed by atoms with van der Waals surface area (Å²) in [5.74, 6) is -1.19. The lowest BCUT2D eigenvalue weighted by molar-refractivity contribution is -0.137. The Morgan fingerprint density at radius 1 is 1.03 bits per heavy atom. The van der Waals surface area contributed by atoms with Gasteiger partial charge in [-0.2, -0.15) is 13.2 Å². The zero-order valence-electron chi connectivity index (χ0n) is 21.1. The number of halogens is 3. The van der Waals surface area contributed by atoms with E-state index in [1.165, 1.54) is 29.2 Å². The monoisotopic (exact) mass is 524 g/mol. The number of carbonyl (C=O) groups is 2. The molecule has 0 saturated heterocycles. The Kier molecular flexibility index (Phi) is 7.47. The molecule has 38 heavy (non-hydrogen) atoms. The van der Waals surface area contributed by atoms with Crippen molar-refractivity contribution in [1.29, 1.82) is 0 Å². The number of alkyl halides is 3. The third-order valence-corrected chi connectivity index (χ3v) is 6.30. The Labute approximate surface area is 217 Å². The first-order valence-corrected chi connectivity index (χ1v) is 12.0. The molecule has 0 aliphatic heterocycles. The molecule has 0 spiro atoms. The Morgan fingerprint density at radius 2 is 1.74 bits per heavy atom. The van der Waals surface area contributed by atoms with Crippen LogP contribution in [-0.2, 0) is 22.3 Å². The second kappa shape index (κ2) is 10.6. The maximum absolute atomic E-state index is 13.9. The van der Waals surface area contributed by atoms with Gasteiger partial charge in [0, 0.05) is 23.6 Å². The Hall–Kier alpha value is -4.28. The summed E-state index contributed by atoms with van der Waals surface area (Å²) in [6, 6.07) is 13.2. The van der Waals surface area contributed by atoms with E-state index in [4.69, 9.17) is 0 Å². The summed E-state index contributed by atoms with van der Waals surface area (Å²) in [6.07, 6.45) is -1.14. The van der Waals surface area contributed by atoms with Crippen LogP contribution < -0.4 is 10.2 Å². The van der Waals surface area contributed by atoms with Gasteiger partial charge in [0.15, 0.2) is 0 Å². The fourth-order valence-corrected chi connectivity index (χ4v) is 3.96. The molecule has 2 heterocycles. The molecule has 1 atom stereocenters. The maximum atomic E-state index is 13.9. The fraction of sp³-hybridized carbons (Fsp3) is 0.296. The number of rotatable bonds is 8. The predicted octanol–water partition coefficient (Wildman–Crippen LogP) is 4.92. The number of aromatic nitrogens is 4. The van der Waals surface area contributed by atoms with Crippen molar-refractivity contribution in [2.45, 2.75) is 51.5 Å². The molecule has 0 aliphatic carbocycles. The number of fused-ring (bicyclic) bond motifs is 1. The van der Waals surface area contributed by atoms with Crippen LogP contribution in [0.2, 0.25) is 0 Å². The van der Waals surface area contributed by atoms with E-state index in [2.05, 4.69) is 20.6 Å². The Balaban J connectivity index is 1.85. The largest absolute Gasteiger partial charge is 0.416 e. The molecule has 1 N–H and O–H groups in total. The van der Waals surface area contributed by atoms with Gasteiger partial charge in [0.2, 0.25) is 11.8 Å².